The van der Waals surface area contributed by atoms with Gasteiger partial charge in [0.1, 0.15) is 12.4 Å². The van der Waals surface area contributed by atoms with E-state index in [4.69, 9.17) is 13.9 Å². The van der Waals surface area contributed by atoms with Gasteiger partial charge in [0.25, 0.3) is 0 Å². The fourth-order valence-corrected chi connectivity index (χ4v) is 3.44. The van der Waals surface area contributed by atoms with Gasteiger partial charge in [0.15, 0.2) is 11.5 Å². The van der Waals surface area contributed by atoms with E-state index in [2.05, 4.69) is 26.2 Å². The van der Waals surface area contributed by atoms with Crippen molar-refractivity contribution in [3.05, 3.63) is 65.8 Å². The number of nitrogens with one attached hydrogen (secondary N) is 2. The second kappa shape index (κ2) is 10.5. The Morgan fingerprint density at radius 3 is 2.69 bits per heavy atom. The lowest BCUT2D eigenvalue weighted by Crippen LogP contribution is -2.50. The van der Waals surface area contributed by atoms with Gasteiger partial charge in [-0.15, -0.1) is 5.10 Å². The van der Waals surface area contributed by atoms with Crippen molar-refractivity contribution in [1.82, 2.24) is 30.8 Å². The summed E-state index contributed by atoms with van der Waals surface area (Å²) in [4.78, 5) is 37.7. The third-order valence-corrected chi connectivity index (χ3v) is 4.97. The van der Waals surface area contributed by atoms with Gasteiger partial charge in [-0.1, -0.05) is 30.3 Å². The molecule has 12 nitrogen and oxygen atoms in total. The van der Waals surface area contributed by atoms with E-state index in [0.29, 0.717) is 17.1 Å². The first-order chi connectivity index (χ1) is 17.0. The fraction of sp³-hybridized carbons (Fsp3) is 0.217. The van der Waals surface area contributed by atoms with E-state index in [-0.39, 0.29) is 23.6 Å². The number of amides is 2. The van der Waals surface area contributed by atoms with Crippen LogP contribution in [-0.4, -0.2) is 57.4 Å². The zero-order chi connectivity index (χ0) is 24.8. The summed E-state index contributed by atoms with van der Waals surface area (Å²) in [5.41, 5.74) is 0.895. The Morgan fingerprint density at radius 2 is 1.97 bits per heavy atom. The lowest BCUT2D eigenvalue weighted by molar-refractivity contribution is -0.140. The molecule has 1 aromatic carbocycles. The Balaban J connectivity index is 1.66. The quantitative estimate of drug-likeness (QED) is 0.366. The van der Waals surface area contributed by atoms with Crippen LogP contribution < -0.4 is 10.6 Å². The van der Waals surface area contributed by atoms with Crippen molar-refractivity contribution in [3.63, 3.8) is 0 Å². The number of ether oxygens (including phenoxy) is 2. The van der Waals surface area contributed by atoms with Crippen LogP contribution in [0.3, 0.4) is 0 Å². The Labute approximate surface area is 199 Å². The highest BCUT2D eigenvalue weighted by atomic mass is 16.5. The Hall–Kier alpha value is -4.74. The molecule has 3 aromatic rings. The molecule has 0 aliphatic carbocycles. The predicted octanol–water partition coefficient (Wildman–Crippen LogP) is 1.99. The van der Waals surface area contributed by atoms with Gasteiger partial charge >= 0.3 is 18.0 Å². The zero-order valence-corrected chi connectivity index (χ0v) is 18.9. The maximum atomic E-state index is 13.2. The predicted molar refractivity (Wildman–Crippen MR) is 122 cm³/mol. The number of carbonyl (C=O) groups excluding carboxylic acids is 3. The number of furan rings is 1. The van der Waals surface area contributed by atoms with E-state index in [1.54, 1.807) is 38.1 Å². The lowest BCUT2D eigenvalue weighted by Gasteiger charge is -2.26. The highest BCUT2D eigenvalue weighted by Gasteiger charge is 2.31. The Kier molecular flexibility index (Phi) is 7.00. The first-order valence-electron chi connectivity index (χ1n) is 10.7. The molecular weight excluding hydrogens is 456 g/mol. The molecule has 4 rings (SSSR count). The molecule has 2 aromatic heterocycles. The summed E-state index contributed by atoms with van der Waals surface area (Å²) in [6, 6.07) is 11.2. The van der Waals surface area contributed by atoms with Gasteiger partial charge in [-0.25, -0.2) is 14.4 Å². The largest absolute Gasteiger partial charge is 0.465 e. The maximum absolute atomic E-state index is 13.2. The minimum atomic E-state index is -0.818. The molecule has 1 aliphatic heterocycles. The van der Waals surface area contributed by atoms with E-state index in [1.807, 2.05) is 18.2 Å². The normalized spacial score (nSPS) is 15.9. The van der Waals surface area contributed by atoms with Crippen molar-refractivity contribution in [1.29, 1.82) is 0 Å². The number of tetrazole rings is 1. The number of carbonyl (C=O) groups is 3. The van der Waals surface area contributed by atoms with Gasteiger partial charge in [-0.3, -0.25) is 0 Å². The third kappa shape index (κ3) is 5.27. The minimum Gasteiger partial charge on any atom is -0.465 e. The van der Waals surface area contributed by atoms with Crippen LogP contribution in [-0.2, 0) is 19.1 Å². The molecule has 0 bridgehead atoms. The molecule has 2 N–H and O–H groups in total. The number of esters is 2. The molecule has 2 amide bonds. The van der Waals surface area contributed by atoms with Crippen molar-refractivity contribution in [2.75, 3.05) is 13.2 Å². The van der Waals surface area contributed by atoms with Crippen LogP contribution >= 0.6 is 0 Å². The van der Waals surface area contributed by atoms with Crippen molar-refractivity contribution in [2.24, 2.45) is 0 Å². The molecule has 12 heteroatoms. The van der Waals surface area contributed by atoms with Gasteiger partial charge in [0.2, 0.25) is 0 Å². The number of hydrogen-bond acceptors (Lipinski definition) is 9. The van der Waals surface area contributed by atoms with Gasteiger partial charge in [0, 0.05) is 11.6 Å². The molecule has 0 saturated carbocycles. The second-order valence-electron chi connectivity index (χ2n) is 7.33. The van der Waals surface area contributed by atoms with Crippen LogP contribution in [0.4, 0.5) is 4.79 Å². The lowest BCUT2D eigenvalue weighted by atomic mass is 10.0. The van der Waals surface area contributed by atoms with E-state index < -0.39 is 30.6 Å². The number of benzene rings is 1. The van der Waals surface area contributed by atoms with Crippen LogP contribution in [0.5, 0.6) is 0 Å². The van der Waals surface area contributed by atoms with E-state index in [0.717, 1.165) is 0 Å². The van der Waals surface area contributed by atoms with Crippen molar-refractivity contribution in [3.8, 4) is 11.4 Å². The number of nitrogens with zero attached hydrogens (tertiary/aromatic N) is 4. The molecular formula is C23H22N6O6. The monoisotopic (exact) mass is 478 g/mol. The Morgan fingerprint density at radius 1 is 1.17 bits per heavy atom. The third-order valence-electron chi connectivity index (χ3n) is 4.97. The second-order valence-corrected chi connectivity index (χ2v) is 7.33. The zero-order valence-electron chi connectivity index (χ0n) is 18.9. The average molecular weight is 478 g/mol. The van der Waals surface area contributed by atoms with Crippen LogP contribution in [0.1, 0.15) is 19.6 Å². The fourth-order valence-electron chi connectivity index (χ4n) is 3.44. The van der Waals surface area contributed by atoms with Gasteiger partial charge < -0.3 is 24.5 Å². The van der Waals surface area contributed by atoms with Crippen LogP contribution in [0.25, 0.3) is 23.2 Å². The highest BCUT2D eigenvalue weighted by Crippen LogP contribution is 2.22. The molecule has 0 saturated heterocycles. The molecule has 0 fully saturated rings. The molecule has 0 spiro atoms. The molecule has 0 unspecified atom stereocenters. The van der Waals surface area contributed by atoms with Gasteiger partial charge in [-0.2, -0.15) is 4.68 Å². The average Bonchev–Trinajstić information content (AvgIpc) is 3.53. The van der Waals surface area contributed by atoms with Gasteiger partial charge in [0.05, 0.1) is 30.2 Å². The van der Waals surface area contributed by atoms with Crippen molar-refractivity contribution in [2.45, 2.75) is 19.9 Å². The molecule has 35 heavy (non-hydrogen) atoms. The van der Waals surface area contributed by atoms with Crippen LogP contribution in [0.15, 0.2) is 64.4 Å². The SMILES string of the molecule is CCOC(=O)C1=C(COC(=O)/C(=C\c2ccco2)n2nnnc2-c2ccccc2)NC(=O)N[C@H]1C. The molecule has 0 radical (unpaired) electrons. The number of urea groups is 1. The van der Waals surface area contributed by atoms with E-state index in [9.17, 15) is 14.4 Å². The smallest absolute Gasteiger partial charge is 0.357 e. The highest BCUT2D eigenvalue weighted by molar-refractivity contribution is 6.15. The molecule has 180 valence electrons. The van der Waals surface area contributed by atoms with Crippen LogP contribution in [0.2, 0.25) is 0 Å². The molecule has 3 heterocycles. The summed E-state index contributed by atoms with van der Waals surface area (Å²) >= 11 is 0. The van der Waals surface area contributed by atoms with E-state index >= 15 is 0 Å². The summed E-state index contributed by atoms with van der Waals surface area (Å²) < 4.78 is 17.2. The summed E-state index contributed by atoms with van der Waals surface area (Å²) in [7, 11) is 0. The van der Waals surface area contributed by atoms with E-state index in [1.165, 1.54) is 17.0 Å². The molecule has 1 aliphatic rings. The first-order valence-corrected chi connectivity index (χ1v) is 10.7. The van der Waals surface area contributed by atoms with Gasteiger partial charge in [-0.05, 0) is 36.4 Å². The standard InChI is InChI=1S/C23H22N6O6/c1-3-33-22(31)19-14(2)24-23(32)25-17(19)13-35-21(30)18(12-16-10-7-11-34-16)29-20(26-27-28-29)15-8-5-4-6-9-15/h4-12,14H,3,13H2,1-2H3,(H2,24,25,32)/b18-12+/t14-/m0/s1. The summed E-state index contributed by atoms with van der Waals surface area (Å²) in [6.45, 7) is 3.04. The summed E-state index contributed by atoms with van der Waals surface area (Å²) in [6.07, 6.45) is 2.88. The summed E-state index contributed by atoms with van der Waals surface area (Å²) in [5.74, 6) is -0.781. The Bertz CT molecular complexity index is 1280. The number of rotatable bonds is 8. The molecule has 1 atom stereocenters. The summed E-state index contributed by atoms with van der Waals surface area (Å²) in [5, 5.41) is 16.8. The van der Waals surface area contributed by atoms with Crippen LogP contribution in [0, 0.1) is 0 Å². The van der Waals surface area contributed by atoms with Crippen molar-refractivity contribution >= 4 is 29.7 Å². The maximum Gasteiger partial charge on any atom is 0.357 e. The topological polar surface area (TPSA) is 150 Å². The minimum absolute atomic E-state index is 0.0459. The number of aromatic nitrogens is 4. The van der Waals surface area contributed by atoms with Crippen molar-refractivity contribution < 1.29 is 28.3 Å². The number of hydrogen-bond donors (Lipinski definition) is 2. The first kappa shape index (κ1) is 23.4.